The number of carbonyl (C=O) groups is 3. The summed E-state index contributed by atoms with van der Waals surface area (Å²) < 4.78 is 10.4. The fourth-order valence-electron chi connectivity index (χ4n) is 3.02. The molecule has 3 amide bonds. The van der Waals surface area contributed by atoms with Crippen LogP contribution in [0.4, 0.5) is 5.69 Å². The lowest BCUT2D eigenvalue weighted by Crippen LogP contribution is -2.45. The number of ether oxygens (including phenoxy) is 2. The van der Waals surface area contributed by atoms with Crippen molar-refractivity contribution in [2.24, 2.45) is 0 Å². The lowest BCUT2D eigenvalue weighted by atomic mass is 10.2. The molecule has 2 fully saturated rings. The Balaban J connectivity index is 1.46. The van der Waals surface area contributed by atoms with Crippen LogP contribution in [0.25, 0.3) is 0 Å². The van der Waals surface area contributed by atoms with E-state index in [1.807, 2.05) is 0 Å². The summed E-state index contributed by atoms with van der Waals surface area (Å²) in [4.78, 5) is 40.8. The van der Waals surface area contributed by atoms with E-state index in [1.54, 1.807) is 52.9 Å². The highest BCUT2D eigenvalue weighted by Gasteiger charge is 2.34. The molecule has 2 aliphatic rings. The van der Waals surface area contributed by atoms with Crippen molar-refractivity contribution < 1.29 is 23.9 Å². The second-order valence-electron chi connectivity index (χ2n) is 6.58. The van der Waals surface area contributed by atoms with E-state index in [9.17, 15) is 14.4 Å². The van der Waals surface area contributed by atoms with Gasteiger partial charge < -0.3 is 24.6 Å². The van der Waals surface area contributed by atoms with Crippen LogP contribution in [0.1, 0.15) is 0 Å². The van der Waals surface area contributed by atoms with Crippen LogP contribution in [0, 0.1) is 0 Å². The lowest BCUT2D eigenvalue weighted by Gasteiger charge is -2.27. The van der Waals surface area contributed by atoms with E-state index in [2.05, 4.69) is 5.32 Å². The van der Waals surface area contributed by atoms with Gasteiger partial charge in [0.25, 0.3) is 0 Å². The molecule has 1 atom stereocenters. The minimum atomic E-state index is -0.509. The molecule has 2 aliphatic heterocycles. The highest BCUT2D eigenvalue weighted by molar-refractivity contribution is 8.00. The number of nitrogens with one attached hydrogen (secondary N) is 1. The fraction of sp³-hybridized carbons (Fsp3) is 0.526. The van der Waals surface area contributed by atoms with Crippen LogP contribution < -0.4 is 10.1 Å². The van der Waals surface area contributed by atoms with Crippen LogP contribution >= 0.6 is 23.5 Å². The van der Waals surface area contributed by atoms with Crippen molar-refractivity contribution in [3.63, 3.8) is 0 Å². The molecule has 0 spiro atoms. The molecule has 2 heterocycles. The number of anilines is 1. The van der Waals surface area contributed by atoms with Crippen LogP contribution in [0.15, 0.2) is 24.3 Å². The van der Waals surface area contributed by atoms with Gasteiger partial charge in [-0.15, -0.1) is 23.5 Å². The van der Waals surface area contributed by atoms with Gasteiger partial charge in [-0.2, -0.15) is 0 Å². The summed E-state index contributed by atoms with van der Waals surface area (Å²) in [7, 11) is 1.58. The number of rotatable bonds is 7. The van der Waals surface area contributed by atoms with Gasteiger partial charge in [0.2, 0.25) is 17.7 Å². The number of morpholine rings is 1. The summed E-state index contributed by atoms with van der Waals surface area (Å²) in [6.07, 6.45) is 0. The Labute approximate surface area is 178 Å². The Kier molecular flexibility index (Phi) is 8.08. The van der Waals surface area contributed by atoms with Crippen LogP contribution in [0.5, 0.6) is 5.75 Å². The zero-order valence-electron chi connectivity index (χ0n) is 16.3. The summed E-state index contributed by atoms with van der Waals surface area (Å²) in [6, 6.07) is 6.55. The smallest absolute Gasteiger partial charge is 0.248 e. The summed E-state index contributed by atoms with van der Waals surface area (Å²) in [5.41, 5.74) is 0.658. The quantitative estimate of drug-likeness (QED) is 0.681. The topological polar surface area (TPSA) is 88.2 Å². The second kappa shape index (κ2) is 10.7. The fourth-order valence-corrected chi connectivity index (χ4v) is 5.00. The van der Waals surface area contributed by atoms with Crippen molar-refractivity contribution in [1.82, 2.24) is 9.80 Å². The number of hydrogen-bond donors (Lipinski definition) is 1. The Morgan fingerprint density at radius 1 is 1.17 bits per heavy atom. The molecule has 1 unspecified atom stereocenters. The molecule has 0 radical (unpaired) electrons. The molecule has 29 heavy (non-hydrogen) atoms. The molecule has 0 saturated carbocycles. The Morgan fingerprint density at radius 3 is 2.55 bits per heavy atom. The molecule has 3 rings (SSSR count). The highest BCUT2D eigenvalue weighted by Crippen LogP contribution is 2.24. The monoisotopic (exact) mass is 439 g/mol. The van der Waals surface area contributed by atoms with Crippen molar-refractivity contribution in [1.29, 1.82) is 0 Å². The standard InChI is InChI=1S/C19H25N3O5S2/c1-26-15-4-2-14(3-5-15)20-19(25)16-10-29-13-22(16)18(24)12-28-11-17(23)21-6-8-27-9-7-21/h2-5,16H,6-13H2,1H3,(H,20,25). The Bertz CT molecular complexity index is 725. The van der Waals surface area contributed by atoms with Gasteiger partial charge >= 0.3 is 0 Å². The summed E-state index contributed by atoms with van der Waals surface area (Å²) in [5, 5.41) is 2.86. The van der Waals surface area contributed by atoms with Gasteiger partial charge in [-0.25, -0.2) is 0 Å². The van der Waals surface area contributed by atoms with Gasteiger partial charge in [-0.1, -0.05) is 0 Å². The summed E-state index contributed by atoms with van der Waals surface area (Å²) in [5.74, 6) is 1.89. The number of carbonyl (C=O) groups excluding carboxylic acids is 3. The highest BCUT2D eigenvalue weighted by atomic mass is 32.2. The van der Waals surface area contributed by atoms with Crippen LogP contribution in [-0.2, 0) is 19.1 Å². The molecule has 0 aliphatic carbocycles. The van der Waals surface area contributed by atoms with Gasteiger partial charge in [-0.05, 0) is 24.3 Å². The van der Waals surface area contributed by atoms with E-state index in [0.29, 0.717) is 49.4 Å². The molecule has 0 bridgehead atoms. The summed E-state index contributed by atoms with van der Waals surface area (Å²) in [6.45, 7) is 2.32. The van der Waals surface area contributed by atoms with Gasteiger partial charge in [0.1, 0.15) is 11.8 Å². The van der Waals surface area contributed by atoms with Crippen LogP contribution in [0.2, 0.25) is 0 Å². The molecule has 1 aromatic carbocycles. The van der Waals surface area contributed by atoms with Crippen molar-refractivity contribution in [2.75, 3.05) is 61.9 Å². The van der Waals surface area contributed by atoms with E-state index >= 15 is 0 Å². The third-order valence-electron chi connectivity index (χ3n) is 4.68. The maximum atomic E-state index is 12.6. The third-order valence-corrected chi connectivity index (χ3v) is 6.59. The van der Waals surface area contributed by atoms with Gasteiger partial charge in [0.05, 0.1) is 37.7 Å². The average molecular weight is 440 g/mol. The molecule has 2 saturated heterocycles. The van der Waals surface area contributed by atoms with E-state index in [1.165, 1.54) is 11.8 Å². The van der Waals surface area contributed by atoms with Gasteiger partial charge in [-0.3, -0.25) is 14.4 Å². The first kappa shape index (κ1) is 21.8. The van der Waals surface area contributed by atoms with E-state index < -0.39 is 6.04 Å². The zero-order chi connectivity index (χ0) is 20.6. The number of benzene rings is 1. The molecule has 1 N–H and O–H groups in total. The van der Waals surface area contributed by atoms with Crippen LogP contribution in [0.3, 0.4) is 0 Å². The maximum absolute atomic E-state index is 12.6. The number of methoxy groups -OCH3 is 1. The lowest BCUT2D eigenvalue weighted by molar-refractivity contribution is -0.134. The Morgan fingerprint density at radius 2 is 1.86 bits per heavy atom. The summed E-state index contributed by atoms with van der Waals surface area (Å²) >= 11 is 2.85. The average Bonchev–Trinajstić information content (AvgIpc) is 3.25. The molecule has 10 heteroatoms. The third kappa shape index (κ3) is 6.03. The minimum Gasteiger partial charge on any atom is -0.497 e. The number of amides is 3. The molecule has 8 nitrogen and oxygen atoms in total. The molecule has 0 aromatic heterocycles. The number of hydrogen-bond acceptors (Lipinski definition) is 7. The second-order valence-corrected chi connectivity index (χ2v) is 8.57. The first-order chi connectivity index (χ1) is 14.1. The number of thioether (sulfide) groups is 2. The van der Waals surface area contributed by atoms with Crippen LogP contribution in [-0.4, -0.2) is 90.1 Å². The van der Waals surface area contributed by atoms with E-state index in [-0.39, 0.29) is 29.2 Å². The first-order valence-electron chi connectivity index (χ1n) is 9.34. The largest absolute Gasteiger partial charge is 0.497 e. The number of nitrogens with zero attached hydrogens (tertiary/aromatic N) is 2. The van der Waals surface area contributed by atoms with Gasteiger partial charge in [0.15, 0.2) is 0 Å². The molecular formula is C19H25N3O5S2. The van der Waals surface area contributed by atoms with Gasteiger partial charge in [0, 0.05) is 24.5 Å². The molecule has 158 valence electrons. The molecular weight excluding hydrogens is 414 g/mol. The molecule has 1 aromatic rings. The van der Waals surface area contributed by atoms with E-state index in [0.717, 1.165) is 0 Å². The van der Waals surface area contributed by atoms with Crippen molar-refractivity contribution in [3.05, 3.63) is 24.3 Å². The zero-order valence-corrected chi connectivity index (χ0v) is 17.9. The normalized spacial score (nSPS) is 19.1. The van der Waals surface area contributed by atoms with Crippen molar-refractivity contribution in [3.8, 4) is 5.75 Å². The van der Waals surface area contributed by atoms with Crippen molar-refractivity contribution in [2.45, 2.75) is 6.04 Å². The maximum Gasteiger partial charge on any atom is 0.248 e. The Hall–Kier alpha value is -1.91. The first-order valence-corrected chi connectivity index (χ1v) is 11.6. The predicted molar refractivity (Wildman–Crippen MR) is 114 cm³/mol. The predicted octanol–water partition coefficient (Wildman–Crippen LogP) is 1.13. The van der Waals surface area contributed by atoms with Crippen molar-refractivity contribution >= 4 is 46.9 Å². The minimum absolute atomic E-state index is 0.0238. The van der Waals surface area contributed by atoms with E-state index in [4.69, 9.17) is 9.47 Å². The SMILES string of the molecule is COc1ccc(NC(=O)C2CSCN2C(=O)CSCC(=O)N2CCOCC2)cc1.